The van der Waals surface area contributed by atoms with Crippen LogP contribution in [-0.4, -0.2) is 45.0 Å². The molecule has 3 aromatic heterocycles. The number of carbonyl (C=O) groups excluding carboxylic acids is 2. The van der Waals surface area contributed by atoms with Crippen LogP contribution in [0.3, 0.4) is 0 Å². The van der Waals surface area contributed by atoms with Crippen molar-refractivity contribution in [1.29, 1.82) is 0 Å². The first-order valence-corrected chi connectivity index (χ1v) is 10.7. The van der Waals surface area contributed by atoms with Crippen molar-refractivity contribution in [3.8, 4) is 0 Å². The minimum absolute atomic E-state index is 0.0811. The highest BCUT2D eigenvalue weighted by Crippen LogP contribution is 2.18. The van der Waals surface area contributed by atoms with E-state index in [2.05, 4.69) is 20.8 Å². The highest BCUT2D eigenvalue weighted by atomic mass is 32.2. The summed E-state index contributed by atoms with van der Waals surface area (Å²) in [6, 6.07) is 9.03. The fourth-order valence-corrected chi connectivity index (χ4v) is 3.90. The van der Waals surface area contributed by atoms with Gasteiger partial charge in [-0.1, -0.05) is 6.07 Å². The number of amides is 2. The van der Waals surface area contributed by atoms with Crippen molar-refractivity contribution in [3.05, 3.63) is 52.1 Å². The lowest BCUT2D eigenvalue weighted by molar-refractivity contribution is -0.120. The molecule has 1 unspecified atom stereocenters. The first-order valence-electron chi connectivity index (χ1n) is 8.51. The lowest BCUT2D eigenvalue weighted by atomic mass is 10.2. The van der Waals surface area contributed by atoms with E-state index >= 15 is 0 Å². The van der Waals surface area contributed by atoms with Gasteiger partial charge in [0.15, 0.2) is 11.5 Å². The van der Waals surface area contributed by atoms with E-state index in [0.717, 1.165) is 22.7 Å². The topological polar surface area (TPSA) is 88.4 Å². The van der Waals surface area contributed by atoms with E-state index in [9.17, 15) is 9.59 Å². The zero-order chi connectivity index (χ0) is 19.2. The second-order valence-electron chi connectivity index (χ2n) is 5.98. The number of thiophene rings is 1. The molecule has 9 heteroatoms. The molecule has 2 N–H and O–H groups in total. The maximum absolute atomic E-state index is 12.4. The van der Waals surface area contributed by atoms with Crippen LogP contribution in [0.25, 0.3) is 5.65 Å². The van der Waals surface area contributed by atoms with Crippen LogP contribution in [-0.2, 0) is 4.79 Å². The Morgan fingerprint density at radius 3 is 2.85 bits per heavy atom. The number of hydrogen-bond donors (Lipinski definition) is 2. The summed E-state index contributed by atoms with van der Waals surface area (Å²) < 4.78 is 1.87. The standard InChI is InChI=1S/C18H21N5O2S2/c1-12-6-7-14(27-12)18(25)19-11-16(24)20-13(8-10-26-2)17-22-21-15-5-3-4-9-23(15)17/h3-7,9,13H,8,10-11H2,1-2H3,(H,19,25)(H,20,24). The number of aryl methyl sites for hydroxylation is 1. The van der Waals surface area contributed by atoms with Crippen LogP contribution in [0.5, 0.6) is 0 Å². The zero-order valence-electron chi connectivity index (χ0n) is 15.1. The molecule has 0 saturated heterocycles. The second kappa shape index (κ2) is 9.01. The van der Waals surface area contributed by atoms with Crippen LogP contribution in [0.4, 0.5) is 0 Å². The van der Waals surface area contributed by atoms with Crippen LogP contribution >= 0.6 is 23.1 Å². The molecule has 1 atom stereocenters. The number of aromatic nitrogens is 3. The Hall–Kier alpha value is -2.39. The van der Waals surface area contributed by atoms with Crippen LogP contribution in [0.2, 0.25) is 0 Å². The number of nitrogens with one attached hydrogen (secondary N) is 2. The molecule has 3 aromatic rings. The van der Waals surface area contributed by atoms with E-state index in [-0.39, 0.29) is 24.4 Å². The second-order valence-corrected chi connectivity index (χ2v) is 8.26. The molecule has 142 valence electrons. The van der Waals surface area contributed by atoms with Gasteiger partial charge >= 0.3 is 0 Å². The van der Waals surface area contributed by atoms with E-state index in [1.54, 1.807) is 17.8 Å². The third-order valence-corrected chi connectivity index (χ3v) is 5.61. The predicted molar refractivity (Wildman–Crippen MR) is 108 cm³/mol. The SMILES string of the molecule is CSCCC(NC(=O)CNC(=O)c1ccc(C)s1)c1nnc2ccccn12. The molecule has 3 rings (SSSR count). The highest BCUT2D eigenvalue weighted by molar-refractivity contribution is 7.98. The average Bonchev–Trinajstić information content (AvgIpc) is 3.29. The van der Waals surface area contributed by atoms with Crippen LogP contribution in [0.15, 0.2) is 36.5 Å². The van der Waals surface area contributed by atoms with E-state index < -0.39 is 0 Å². The van der Waals surface area contributed by atoms with E-state index in [0.29, 0.717) is 10.7 Å². The van der Waals surface area contributed by atoms with Gasteiger partial charge in [-0.05, 0) is 49.6 Å². The first kappa shape index (κ1) is 19.4. The number of hydrogen-bond acceptors (Lipinski definition) is 6. The monoisotopic (exact) mass is 403 g/mol. The molecule has 0 aliphatic carbocycles. The Bertz CT molecular complexity index is 937. The minimum atomic E-state index is -0.275. The molecule has 27 heavy (non-hydrogen) atoms. The third-order valence-electron chi connectivity index (χ3n) is 3.97. The molecular weight excluding hydrogens is 382 g/mol. The summed E-state index contributed by atoms with van der Waals surface area (Å²) in [6.45, 7) is 1.86. The molecular formula is C18H21N5O2S2. The fourth-order valence-electron chi connectivity index (χ4n) is 2.65. The summed E-state index contributed by atoms with van der Waals surface area (Å²) in [4.78, 5) is 26.2. The van der Waals surface area contributed by atoms with Crippen LogP contribution in [0, 0.1) is 6.92 Å². The van der Waals surface area contributed by atoms with Crippen molar-refractivity contribution in [2.24, 2.45) is 0 Å². The summed E-state index contributed by atoms with van der Waals surface area (Å²) in [5, 5.41) is 14.0. The number of rotatable bonds is 8. The molecule has 2 amide bonds. The van der Waals surface area contributed by atoms with Gasteiger partial charge in [0.2, 0.25) is 5.91 Å². The van der Waals surface area contributed by atoms with Gasteiger partial charge in [-0.15, -0.1) is 21.5 Å². The summed E-state index contributed by atoms with van der Waals surface area (Å²) in [5.41, 5.74) is 0.734. The minimum Gasteiger partial charge on any atom is -0.344 e. The Labute approximate surface area is 165 Å². The fraction of sp³-hybridized carbons (Fsp3) is 0.333. The lowest BCUT2D eigenvalue weighted by Crippen LogP contribution is -2.39. The highest BCUT2D eigenvalue weighted by Gasteiger charge is 2.20. The van der Waals surface area contributed by atoms with E-state index in [1.807, 2.05) is 48.0 Å². The van der Waals surface area contributed by atoms with Crippen molar-refractivity contribution >= 4 is 40.6 Å². The van der Waals surface area contributed by atoms with Gasteiger partial charge < -0.3 is 10.6 Å². The van der Waals surface area contributed by atoms with Crippen molar-refractivity contribution in [3.63, 3.8) is 0 Å². The molecule has 0 bridgehead atoms. The molecule has 0 fully saturated rings. The first-order chi connectivity index (χ1) is 13.1. The molecule has 0 aromatic carbocycles. The smallest absolute Gasteiger partial charge is 0.261 e. The van der Waals surface area contributed by atoms with Gasteiger partial charge in [0, 0.05) is 11.1 Å². The summed E-state index contributed by atoms with van der Waals surface area (Å²) >= 11 is 3.10. The lowest BCUT2D eigenvalue weighted by Gasteiger charge is -2.17. The Balaban J connectivity index is 1.65. The van der Waals surface area contributed by atoms with Crippen molar-refractivity contribution in [2.75, 3.05) is 18.6 Å². The van der Waals surface area contributed by atoms with Gasteiger partial charge in [0.25, 0.3) is 5.91 Å². The number of fused-ring (bicyclic) bond motifs is 1. The Morgan fingerprint density at radius 2 is 2.11 bits per heavy atom. The van der Waals surface area contributed by atoms with Gasteiger partial charge in [-0.25, -0.2) is 0 Å². The van der Waals surface area contributed by atoms with E-state index in [4.69, 9.17) is 0 Å². The number of nitrogens with zero attached hydrogens (tertiary/aromatic N) is 3. The third kappa shape index (κ3) is 4.86. The average molecular weight is 404 g/mol. The number of thioether (sulfide) groups is 1. The summed E-state index contributed by atoms with van der Waals surface area (Å²) in [6.07, 6.45) is 4.62. The van der Waals surface area contributed by atoms with E-state index in [1.165, 1.54) is 11.3 Å². The summed E-state index contributed by atoms with van der Waals surface area (Å²) in [7, 11) is 0. The molecule has 0 aliphatic rings. The van der Waals surface area contributed by atoms with Gasteiger partial charge in [0.05, 0.1) is 17.5 Å². The van der Waals surface area contributed by atoms with Gasteiger partial charge in [-0.2, -0.15) is 11.8 Å². The van der Waals surface area contributed by atoms with Gasteiger partial charge in [-0.3, -0.25) is 14.0 Å². The maximum atomic E-state index is 12.4. The van der Waals surface area contributed by atoms with Crippen molar-refractivity contribution < 1.29 is 9.59 Å². The molecule has 3 heterocycles. The van der Waals surface area contributed by atoms with Crippen LogP contribution < -0.4 is 10.6 Å². The largest absolute Gasteiger partial charge is 0.344 e. The van der Waals surface area contributed by atoms with Crippen molar-refractivity contribution in [2.45, 2.75) is 19.4 Å². The number of pyridine rings is 1. The predicted octanol–water partition coefficient (Wildman–Crippen LogP) is 2.44. The normalized spacial score (nSPS) is 12.1. The molecule has 0 radical (unpaired) electrons. The molecule has 0 aliphatic heterocycles. The Morgan fingerprint density at radius 1 is 1.26 bits per heavy atom. The quantitative estimate of drug-likeness (QED) is 0.603. The van der Waals surface area contributed by atoms with Crippen molar-refractivity contribution in [1.82, 2.24) is 25.2 Å². The van der Waals surface area contributed by atoms with Crippen LogP contribution in [0.1, 0.15) is 32.8 Å². The van der Waals surface area contributed by atoms with Gasteiger partial charge in [0.1, 0.15) is 0 Å². The zero-order valence-corrected chi connectivity index (χ0v) is 16.8. The molecule has 0 saturated carbocycles. The molecule has 7 nitrogen and oxygen atoms in total. The number of carbonyl (C=O) groups is 2. The Kier molecular flexibility index (Phi) is 6.46. The maximum Gasteiger partial charge on any atom is 0.261 e. The molecule has 0 spiro atoms. The summed E-state index contributed by atoms with van der Waals surface area (Å²) in [5.74, 6) is 1.06.